The Bertz CT molecular complexity index is 1270. The van der Waals surface area contributed by atoms with Crippen molar-refractivity contribution in [2.45, 2.75) is 20.4 Å². The Labute approximate surface area is 172 Å². The highest BCUT2D eigenvalue weighted by molar-refractivity contribution is 6.06. The summed E-state index contributed by atoms with van der Waals surface area (Å²) in [5, 5.41) is 2.94. The third-order valence-corrected chi connectivity index (χ3v) is 4.71. The van der Waals surface area contributed by atoms with Gasteiger partial charge in [-0.15, -0.1) is 0 Å². The highest BCUT2D eigenvalue weighted by Gasteiger charge is 2.20. The van der Waals surface area contributed by atoms with Crippen LogP contribution >= 0.6 is 0 Å². The van der Waals surface area contributed by atoms with Gasteiger partial charge in [0.1, 0.15) is 11.6 Å². The third-order valence-electron chi connectivity index (χ3n) is 4.71. The molecule has 0 aliphatic heterocycles. The van der Waals surface area contributed by atoms with Gasteiger partial charge in [0.2, 0.25) is 0 Å². The van der Waals surface area contributed by atoms with Crippen LogP contribution < -0.4 is 15.2 Å². The number of carbonyl (C=O) groups is 1. The molecule has 0 aliphatic rings. The molecule has 2 aromatic heterocycles. The number of nitrogens with one attached hydrogen (secondary N) is 1. The molecular formula is C22H21N5O3. The van der Waals surface area contributed by atoms with Crippen LogP contribution in [0.25, 0.3) is 5.78 Å². The minimum absolute atomic E-state index is 0.140. The number of amides is 1. The molecule has 0 spiro atoms. The summed E-state index contributed by atoms with van der Waals surface area (Å²) in [6.07, 6.45) is 0. The first-order valence-corrected chi connectivity index (χ1v) is 9.42. The molecule has 0 fully saturated rings. The number of nitrogens with zero attached hydrogens (tertiary/aromatic N) is 4. The van der Waals surface area contributed by atoms with E-state index in [1.807, 2.05) is 37.3 Å². The van der Waals surface area contributed by atoms with Crippen molar-refractivity contribution in [2.75, 3.05) is 12.0 Å². The maximum Gasteiger partial charge on any atom is 0.274 e. The lowest BCUT2D eigenvalue weighted by Gasteiger charge is -2.22. The SMILES string of the molecule is COc1ccc(N(Cc2nc3nc(C)cc(=O)n3[nH]2)C(=O)c2cccc(C)c2)cc1. The fourth-order valence-corrected chi connectivity index (χ4v) is 3.23. The Morgan fingerprint density at radius 3 is 2.57 bits per heavy atom. The number of carbonyl (C=O) groups excluding carboxylic acids is 1. The van der Waals surface area contributed by atoms with Gasteiger partial charge in [-0.05, 0) is 50.2 Å². The largest absolute Gasteiger partial charge is 0.497 e. The van der Waals surface area contributed by atoms with Crippen LogP contribution in [0.2, 0.25) is 0 Å². The molecule has 8 heteroatoms. The minimum Gasteiger partial charge on any atom is -0.497 e. The van der Waals surface area contributed by atoms with Crippen LogP contribution in [-0.4, -0.2) is 32.6 Å². The van der Waals surface area contributed by atoms with E-state index in [1.54, 1.807) is 37.1 Å². The van der Waals surface area contributed by atoms with Crippen LogP contribution in [0.15, 0.2) is 59.4 Å². The van der Waals surface area contributed by atoms with Crippen LogP contribution in [0, 0.1) is 13.8 Å². The molecule has 0 radical (unpaired) electrons. The number of aromatic nitrogens is 4. The van der Waals surface area contributed by atoms with Gasteiger partial charge >= 0.3 is 0 Å². The standard InChI is InChI=1S/C22H21N5O3/c1-14-5-4-6-16(11-14)21(29)26(17-7-9-18(30-3)10-8-17)13-19-24-22-23-15(2)12-20(28)27(22)25-19/h4-12H,13H2,1-3H3,(H,23,24,25). The molecule has 152 valence electrons. The summed E-state index contributed by atoms with van der Waals surface area (Å²) in [5.41, 5.74) is 2.57. The second-order valence-corrected chi connectivity index (χ2v) is 7.00. The van der Waals surface area contributed by atoms with Gasteiger partial charge in [-0.2, -0.15) is 9.50 Å². The predicted molar refractivity (Wildman–Crippen MR) is 113 cm³/mol. The summed E-state index contributed by atoms with van der Waals surface area (Å²) in [6, 6.07) is 16.0. The van der Waals surface area contributed by atoms with Crippen molar-refractivity contribution in [2.24, 2.45) is 0 Å². The van der Waals surface area contributed by atoms with Gasteiger partial charge in [-0.3, -0.25) is 14.7 Å². The Kier molecular flexibility index (Phi) is 5.05. The lowest BCUT2D eigenvalue weighted by Crippen LogP contribution is -2.31. The van der Waals surface area contributed by atoms with Gasteiger partial charge in [-0.25, -0.2) is 4.98 Å². The fraction of sp³-hybridized carbons (Fsp3) is 0.182. The molecule has 1 N–H and O–H groups in total. The second kappa shape index (κ2) is 7.82. The molecule has 0 bridgehead atoms. The van der Waals surface area contributed by atoms with E-state index in [0.29, 0.717) is 28.5 Å². The number of hydrogen-bond donors (Lipinski definition) is 1. The average molecular weight is 403 g/mol. The van der Waals surface area contributed by atoms with Crippen molar-refractivity contribution < 1.29 is 9.53 Å². The summed E-state index contributed by atoms with van der Waals surface area (Å²) in [4.78, 5) is 35.8. The van der Waals surface area contributed by atoms with Crippen molar-refractivity contribution in [3.8, 4) is 5.75 Å². The second-order valence-electron chi connectivity index (χ2n) is 7.00. The zero-order chi connectivity index (χ0) is 21.3. The van der Waals surface area contributed by atoms with E-state index in [9.17, 15) is 9.59 Å². The average Bonchev–Trinajstić information content (AvgIpc) is 3.14. The quantitative estimate of drug-likeness (QED) is 0.553. The molecule has 4 aromatic rings. The van der Waals surface area contributed by atoms with Crippen LogP contribution in [0.3, 0.4) is 0 Å². The zero-order valence-corrected chi connectivity index (χ0v) is 16.9. The van der Waals surface area contributed by atoms with E-state index in [2.05, 4.69) is 15.1 Å². The van der Waals surface area contributed by atoms with Gasteiger partial charge < -0.3 is 9.64 Å². The topological polar surface area (TPSA) is 92.6 Å². The molecule has 30 heavy (non-hydrogen) atoms. The summed E-state index contributed by atoms with van der Waals surface area (Å²) in [5.74, 6) is 1.23. The molecule has 0 aliphatic carbocycles. The molecule has 8 nitrogen and oxygen atoms in total. The molecule has 0 unspecified atom stereocenters. The number of anilines is 1. The van der Waals surface area contributed by atoms with Gasteiger partial charge in [-0.1, -0.05) is 17.7 Å². The number of H-pyrrole nitrogens is 1. The number of fused-ring (bicyclic) bond motifs is 1. The normalized spacial score (nSPS) is 10.9. The summed E-state index contributed by atoms with van der Waals surface area (Å²) >= 11 is 0. The van der Waals surface area contributed by atoms with E-state index in [-0.39, 0.29) is 23.8 Å². The first-order valence-electron chi connectivity index (χ1n) is 9.42. The molecule has 0 atom stereocenters. The molecule has 2 aromatic carbocycles. The monoisotopic (exact) mass is 403 g/mol. The van der Waals surface area contributed by atoms with Gasteiger partial charge in [0, 0.05) is 23.0 Å². The molecule has 0 saturated carbocycles. The van der Waals surface area contributed by atoms with Crippen molar-refractivity contribution >= 4 is 17.4 Å². The first-order chi connectivity index (χ1) is 14.4. The molecule has 1 amide bonds. The molecular weight excluding hydrogens is 382 g/mol. The van der Waals surface area contributed by atoms with E-state index >= 15 is 0 Å². The number of methoxy groups -OCH3 is 1. The van der Waals surface area contributed by atoms with E-state index < -0.39 is 0 Å². The Balaban J connectivity index is 1.75. The first kappa shape index (κ1) is 19.4. The van der Waals surface area contributed by atoms with Gasteiger partial charge in [0.25, 0.3) is 17.2 Å². The summed E-state index contributed by atoms with van der Waals surface area (Å²) in [6.45, 7) is 3.82. The number of aromatic amines is 1. The van der Waals surface area contributed by atoms with Crippen LogP contribution in [-0.2, 0) is 6.54 Å². The van der Waals surface area contributed by atoms with Crippen molar-refractivity contribution in [1.82, 2.24) is 19.6 Å². The van der Waals surface area contributed by atoms with Gasteiger partial charge in [0.05, 0.1) is 13.7 Å². The van der Waals surface area contributed by atoms with Crippen LogP contribution in [0.4, 0.5) is 5.69 Å². The third kappa shape index (κ3) is 3.80. The smallest absolute Gasteiger partial charge is 0.274 e. The van der Waals surface area contributed by atoms with Crippen molar-refractivity contribution in [3.05, 3.63) is 87.6 Å². The van der Waals surface area contributed by atoms with Crippen molar-refractivity contribution in [1.29, 1.82) is 0 Å². The highest BCUT2D eigenvalue weighted by atomic mass is 16.5. The molecule has 2 heterocycles. The van der Waals surface area contributed by atoms with Gasteiger partial charge in [0.15, 0.2) is 0 Å². The number of benzene rings is 2. The summed E-state index contributed by atoms with van der Waals surface area (Å²) < 4.78 is 6.49. The lowest BCUT2D eigenvalue weighted by atomic mass is 10.1. The molecule has 4 rings (SSSR count). The molecule has 0 saturated heterocycles. The highest BCUT2D eigenvalue weighted by Crippen LogP contribution is 2.23. The number of aryl methyl sites for hydroxylation is 2. The summed E-state index contributed by atoms with van der Waals surface area (Å²) in [7, 11) is 1.59. The Hall–Kier alpha value is -3.94. The van der Waals surface area contributed by atoms with E-state index in [1.165, 1.54) is 10.6 Å². The number of ether oxygens (including phenoxy) is 1. The lowest BCUT2D eigenvalue weighted by molar-refractivity contribution is 0.0984. The minimum atomic E-state index is -0.253. The van der Waals surface area contributed by atoms with Crippen LogP contribution in [0.1, 0.15) is 27.4 Å². The Morgan fingerprint density at radius 2 is 1.87 bits per heavy atom. The maximum absolute atomic E-state index is 13.4. The Morgan fingerprint density at radius 1 is 1.10 bits per heavy atom. The fourth-order valence-electron chi connectivity index (χ4n) is 3.23. The zero-order valence-electron chi connectivity index (χ0n) is 16.9. The van der Waals surface area contributed by atoms with Crippen molar-refractivity contribution in [3.63, 3.8) is 0 Å². The van der Waals surface area contributed by atoms with Crippen LogP contribution in [0.5, 0.6) is 5.75 Å². The van der Waals surface area contributed by atoms with E-state index in [4.69, 9.17) is 4.74 Å². The van der Waals surface area contributed by atoms with E-state index in [0.717, 1.165) is 5.56 Å². The number of hydrogen-bond acceptors (Lipinski definition) is 5. The maximum atomic E-state index is 13.4. The number of rotatable bonds is 5. The predicted octanol–water partition coefficient (Wildman–Crippen LogP) is 2.89.